The zero-order valence-corrected chi connectivity index (χ0v) is 12.1. The van der Waals surface area contributed by atoms with Gasteiger partial charge in [0.25, 0.3) is 0 Å². The molecular formula is C17H25NO. The van der Waals surface area contributed by atoms with Crippen molar-refractivity contribution in [3.05, 3.63) is 35.4 Å². The second-order valence-electron chi connectivity index (χ2n) is 5.89. The first-order valence-electron chi connectivity index (χ1n) is 7.51. The summed E-state index contributed by atoms with van der Waals surface area (Å²) in [7, 11) is 0. The Hall–Kier alpha value is -1.31. The first-order valence-corrected chi connectivity index (χ1v) is 7.51. The Kier molecular flexibility index (Phi) is 5.00. The van der Waals surface area contributed by atoms with Crippen molar-refractivity contribution in [3.8, 4) is 0 Å². The maximum Gasteiger partial charge on any atom is 0.220 e. The molecule has 1 unspecified atom stereocenters. The van der Waals surface area contributed by atoms with Gasteiger partial charge in [0.2, 0.25) is 5.91 Å². The standard InChI is InChI=1S/C17H25NO/c1-13-7-10-16(11-8-13)14(2)18-17(19)12-9-15-5-3-4-6-15/h7-8,10-11,14-15H,3-6,9,12H2,1-2H3,(H,18,19). The van der Waals surface area contributed by atoms with E-state index in [0.29, 0.717) is 6.42 Å². The molecule has 0 spiro atoms. The fraction of sp³-hybridized carbons (Fsp3) is 0.588. The van der Waals surface area contributed by atoms with E-state index >= 15 is 0 Å². The van der Waals surface area contributed by atoms with Gasteiger partial charge in [0, 0.05) is 6.42 Å². The molecule has 1 fully saturated rings. The summed E-state index contributed by atoms with van der Waals surface area (Å²) in [6.07, 6.45) is 7.09. The lowest BCUT2D eigenvalue weighted by Crippen LogP contribution is -2.26. The van der Waals surface area contributed by atoms with E-state index in [1.54, 1.807) is 0 Å². The van der Waals surface area contributed by atoms with Gasteiger partial charge in [-0.2, -0.15) is 0 Å². The molecule has 1 atom stereocenters. The highest BCUT2D eigenvalue weighted by Crippen LogP contribution is 2.28. The summed E-state index contributed by atoms with van der Waals surface area (Å²) < 4.78 is 0. The van der Waals surface area contributed by atoms with Crippen LogP contribution in [0.4, 0.5) is 0 Å². The fourth-order valence-electron chi connectivity index (χ4n) is 2.89. The molecule has 1 amide bonds. The molecule has 1 aromatic carbocycles. The van der Waals surface area contributed by atoms with E-state index in [9.17, 15) is 4.79 Å². The predicted molar refractivity (Wildman–Crippen MR) is 78.9 cm³/mol. The molecule has 0 aliphatic heterocycles. The summed E-state index contributed by atoms with van der Waals surface area (Å²) >= 11 is 0. The van der Waals surface area contributed by atoms with Gasteiger partial charge in [0.1, 0.15) is 0 Å². The van der Waals surface area contributed by atoms with Gasteiger partial charge < -0.3 is 5.32 Å². The predicted octanol–water partition coefficient (Wildman–Crippen LogP) is 4.14. The summed E-state index contributed by atoms with van der Waals surface area (Å²) in [5.41, 5.74) is 2.43. The van der Waals surface area contributed by atoms with Gasteiger partial charge >= 0.3 is 0 Å². The number of hydrogen-bond acceptors (Lipinski definition) is 1. The monoisotopic (exact) mass is 259 g/mol. The third-order valence-corrected chi connectivity index (χ3v) is 4.21. The van der Waals surface area contributed by atoms with Gasteiger partial charge in [0.05, 0.1) is 6.04 Å². The van der Waals surface area contributed by atoms with Crippen molar-refractivity contribution in [3.63, 3.8) is 0 Å². The largest absolute Gasteiger partial charge is 0.350 e. The highest BCUT2D eigenvalue weighted by atomic mass is 16.1. The van der Waals surface area contributed by atoms with Crippen LogP contribution in [0.3, 0.4) is 0 Å². The third kappa shape index (κ3) is 4.38. The summed E-state index contributed by atoms with van der Waals surface area (Å²) in [4.78, 5) is 11.9. The van der Waals surface area contributed by atoms with Crippen LogP contribution in [0, 0.1) is 12.8 Å². The average Bonchev–Trinajstić information content (AvgIpc) is 2.90. The number of aryl methyl sites for hydroxylation is 1. The molecular weight excluding hydrogens is 234 g/mol. The van der Waals surface area contributed by atoms with Crippen molar-refractivity contribution in [1.29, 1.82) is 0 Å². The average molecular weight is 259 g/mol. The van der Waals surface area contributed by atoms with Crippen LogP contribution in [0.5, 0.6) is 0 Å². The molecule has 0 saturated heterocycles. The Morgan fingerprint density at radius 1 is 1.26 bits per heavy atom. The molecule has 2 rings (SSSR count). The van der Waals surface area contributed by atoms with E-state index in [0.717, 1.165) is 12.3 Å². The first-order chi connectivity index (χ1) is 9.15. The zero-order chi connectivity index (χ0) is 13.7. The van der Waals surface area contributed by atoms with Crippen LogP contribution in [-0.2, 0) is 4.79 Å². The van der Waals surface area contributed by atoms with E-state index in [-0.39, 0.29) is 11.9 Å². The smallest absolute Gasteiger partial charge is 0.220 e. The molecule has 2 heteroatoms. The lowest BCUT2D eigenvalue weighted by Gasteiger charge is -2.15. The van der Waals surface area contributed by atoms with Gasteiger partial charge in [-0.1, -0.05) is 55.5 Å². The fourth-order valence-corrected chi connectivity index (χ4v) is 2.89. The summed E-state index contributed by atoms with van der Waals surface area (Å²) in [6, 6.07) is 8.48. The number of amides is 1. The van der Waals surface area contributed by atoms with Crippen LogP contribution < -0.4 is 5.32 Å². The van der Waals surface area contributed by atoms with Gasteiger partial charge in [-0.05, 0) is 31.7 Å². The van der Waals surface area contributed by atoms with Gasteiger partial charge in [-0.15, -0.1) is 0 Å². The quantitative estimate of drug-likeness (QED) is 0.846. The van der Waals surface area contributed by atoms with Crippen molar-refractivity contribution in [2.45, 2.75) is 58.4 Å². The Balaban J connectivity index is 1.76. The van der Waals surface area contributed by atoms with Crippen molar-refractivity contribution in [1.82, 2.24) is 5.32 Å². The van der Waals surface area contributed by atoms with Gasteiger partial charge in [0.15, 0.2) is 0 Å². The molecule has 104 valence electrons. The Labute approximate surface area is 116 Å². The van der Waals surface area contributed by atoms with E-state index in [1.165, 1.54) is 36.8 Å². The maximum atomic E-state index is 11.9. The molecule has 0 heterocycles. The van der Waals surface area contributed by atoms with Crippen molar-refractivity contribution < 1.29 is 4.79 Å². The number of hydrogen-bond donors (Lipinski definition) is 1. The lowest BCUT2D eigenvalue weighted by molar-refractivity contribution is -0.122. The first kappa shape index (κ1) is 14.1. The lowest BCUT2D eigenvalue weighted by atomic mass is 10.0. The van der Waals surface area contributed by atoms with Crippen LogP contribution >= 0.6 is 0 Å². The Morgan fingerprint density at radius 2 is 1.89 bits per heavy atom. The number of carbonyl (C=O) groups excluding carboxylic acids is 1. The van der Waals surface area contributed by atoms with Gasteiger partial charge in [-0.3, -0.25) is 4.79 Å². The molecule has 0 aromatic heterocycles. The minimum atomic E-state index is 0.108. The van der Waals surface area contributed by atoms with Crippen LogP contribution in [-0.4, -0.2) is 5.91 Å². The third-order valence-electron chi connectivity index (χ3n) is 4.21. The summed E-state index contributed by atoms with van der Waals surface area (Å²) in [6.45, 7) is 4.13. The van der Waals surface area contributed by atoms with Crippen LogP contribution in [0.15, 0.2) is 24.3 Å². The normalized spacial score (nSPS) is 17.4. The molecule has 1 aromatic rings. The summed E-state index contributed by atoms with van der Waals surface area (Å²) in [5, 5.41) is 3.10. The van der Waals surface area contributed by atoms with Crippen molar-refractivity contribution >= 4 is 5.91 Å². The second-order valence-corrected chi connectivity index (χ2v) is 5.89. The van der Waals surface area contributed by atoms with E-state index in [4.69, 9.17) is 0 Å². The Morgan fingerprint density at radius 3 is 2.53 bits per heavy atom. The van der Waals surface area contributed by atoms with Crippen LogP contribution in [0.25, 0.3) is 0 Å². The number of carbonyl (C=O) groups is 1. The molecule has 1 saturated carbocycles. The van der Waals surface area contributed by atoms with E-state index in [1.807, 2.05) is 0 Å². The highest BCUT2D eigenvalue weighted by molar-refractivity contribution is 5.76. The molecule has 0 radical (unpaired) electrons. The highest BCUT2D eigenvalue weighted by Gasteiger charge is 2.17. The molecule has 19 heavy (non-hydrogen) atoms. The van der Waals surface area contributed by atoms with Gasteiger partial charge in [-0.25, -0.2) is 0 Å². The second kappa shape index (κ2) is 6.74. The molecule has 1 aliphatic rings. The molecule has 0 bridgehead atoms. The van der Waals surface area contributed by atoms with E-state index in [2.05, 4.69) is 43.4 Å². The van der Waals surface area contributed by atoms with Crippen LogP contribution in [0.1, 0.15) is 62.6 Å². The van der Waals surface area contributed by atoms with Crippen LogP contribution in [0.2, 0.25) is 0 Å². The summed E-state index contributed by atoms with van der Waals surface area (Å²) in [5.74, 6) is 0.986. The van der Waals surface area contributed by atoms with Crippen molar-refractivity contribution in [2.75, 3.05) is 0 Å². The molecule has 1 N–H and O–H groups in total. The minimum absolute atomic E-state index is 0.108. The number of nitrogens with one attached hydrogen (secondary N) is 1. The number of benzene rings is 1. The zero-order valence-electron chi connectivity index (χ0n) is 12.1. The number of rotatable bonds is 5. The minimum Gasteiger partial charge on any atom is -0.350 e. The topological polar surface area (TPSA) is 29.1 Å². The maximum absolute atomic E-state index is 11.9. The Bertz CT molecular complexity index is 404. The molecule has 1 aliphatic carbocycles. The SMILES string of the molecule is Cc1ccc(C(C)NC(=O)CCC2CCCC2)cc1. The van der Waals surface area contributed by atoms with Crippen molar-refractivity contribution in [2.24, 2.45) is 5.92 Å². The molecule has 2 nitrogen and oxygen atoms in total. The van der Waals surface area contributed by atoms with E-state index < -0.39 is 0 Å².